The number of carbonyl (C=O) groups is 1. The van der Waals surface area contributed by atoms with Gasteiger partial charge in [0.25, 0.3) is 0 Å². The fourth-order valence-corrected chi connectivity index (χ4v) is 2.40. The molecule has 0 saturated carbocycles. The third kappa shape index (κ3) is 3.70. The molecule has 19 heavy (non-hydrogen) atoms. The molecule has 1 amide bonds. The van der Waals surface area contributed by atoms with Crippen molar-refractivity contribution in [3.63, 3.8) is 0 Å². The molecular weight excluding hydrogens is 240 g/mol. The molecule has 0 bridgehead atoms. The van der Waals surface area contributed by atoms with Crippen LogP contribution in [0.5, 0.6) is 0 Å². The quantitative estimate of drug-likeness (QED) is 0.871. The van der Waals surface area contributed by atoms with Gasteiger partial charge in [0.15, 0.2) is 0 Å². The molecule has 0 aliphatic carbocycles. The molecule has 2 rings (SSSR count). The van der Waals surface area contributed by atoms with Gasteiger partial charge in [0.2, 0.25) is 5.91 Å². The van der Waals surface area contributed by atoms with Crippen LogP contribution in [0.2, 0.25) is 0 Å². The van der Waals surface area contributed by atoms with Crippen LogP contribution < -0.4 is 5.32 Å². The van der Waals surface area contributed by atoms with Gasteiger partial charge in [0.1, 0.15) is 0 Å². The molecule has 4 nitrogen and oxygen atoms in total. The number of benzene rings is 1. The van der Waals surface area contributed by atoms with Gasteiger partial charge >= 0.3 is 0 Å². The van der Waals surface area contributed by atoms with E-state index in [1.165, 1.54) is 0 Å². The average Bonchev–Trinajstić information content (AvgIpc) is 2.46. The molecule has 0 atom stereocenters. The summed E-state index contributed by atoms with van der Waals surface area (Å²) >= 11 is 0. The molecule has 1 heterocycles. The molecule has 1 aromatic carbocycles. The lowest BCUT2D eigenvalue weighted by Gasteiger charge is -2.38. The molecule has 4 heteroatoms. The van der Waals surface area contributed by atoms with Gasteiger partial charge in [-0.15, -0.1) is 0 Å². The maximum Gasteiger partial charge on any atom is 0.222 e. The Bertz CT molecular complexity index is 411. The Morgan fingerprint density at radius 3 is 2.53 bits per heavy atom. The van der Waals surface area contributed by atoms with Crippen LogP contribution in [0.25, 0.3) is 0 Å². The normalized spacial score (nSPS) is 18.1. The number of nitrogens with one attached hydrogen (secondary N) is 1. The van der Waals surface area contributed by atoms with E-state index in [2.05, 4.69) is 5.32 Å². The van der Waals surface area contributed by atoms with Crippen molar-refractivity contribution in [3.05, 3.63) is 30.3 Å². The standard InChI is InChI=1S/C15H22N2O2/c1-2-14(18)17-10-8-15(19,9-11-17)12-16-13-6-4-3-5-7-13/h3-7,16,19H,2,8-12H2,1H3. The number of anilines is 1. The van der Waals surface area contributed by atoms with Crippen molar-refractivity contribution in [1.29, 1.82) is 0 Å². The number of amides is 1. The van der Waals surface area contributed by atoms with Crippen LogP contribution in [0.3, 0.4) is 0 Å². The number of likely N-dealkylation sites (tertiary alicyclic amines) is 1. The lowest BCUT2D eigenvalue weighted by molar-refractivity contribution is -0.134. The molecule has 0 aromatic heterocycles. The summed E-state index contributed by atoms with van der Waals surface area (Å²) < 4.78 is 0. The van der Waals surface area contributed by atoms with Crippen LogP contribution in [0.15, 0.2) is 30.3 Å². The van der Waals surface area contributed by atoms with E-state index in [-0.39, 0.29) is 5.91 Å². The van der Waals surface area contributed by atoms with Gasteiger partial charge in [-0.3, -0.25) is 4.79 Å². The third-order valence-corrected chi connectivity index (χ3v) is 3.74. The van der Waals surface area contributed by atoms with Crippen molar-refractivity contribution in [2.75, 3.05) is 25.0 Å². The molecule has 2 N–H and O–H groups in total. The smallest absolute Gasteiger partial charge is 0.222 e. The van der Waals surface area contributed by atoms with Crippen molar-refractivity contribution in [2.45, 2.75) is 31.8 Å². The summed E-state index contributed by atoms with van der Waals surface area (Å²) in [7, 11) is 0. The second kappa shape index (κ2) is 6.06. The monoisotopic (exact) mass is 262 g/mol. The minimum atomic E-state index is -0.708. The summed E-state index contributed by atoms with van der Waals surface area (Å²) in [5, 5.41) is 13.8. The van der Waals surface area contributed by atoms with E-state index in [9.17, 15) is 9.90 Å². The van der Waals surface area contributed by atoms with Gasteiger partial charge < -0.3 is 15.3 Å². The van der Waals surface area contributed by atoms with Gasteiger partial charge in [-0.1, -0.05) is 25.1 Å². The molecule has 1 saturated heterocycles. The predicted molar refractivity (Wildman–Crippen MR) is 76.0 cm³/mol. The Morgan fingerprint density at radius 1 is 1.32 bits per heavy atom. The van der Waals surface area contributed by atoms with Crippen LogP contribution in [0.1, 0.15) is 26.2 Å². The zero-order valence-electron chi connectivity index (χ0n) is 11.4. The van der Waals surface area contributed by atoms with Crippen molar-refractivity contribution < 1.29 is 9.90 Å². The van der Waals surface area contributed by atoms with Crippen molar-refractivity contribution >= 4 is 11.6 Å². The molecular formula is C15H22N2O2. The Labute approximate surface area is 114 Å². The Hall–Kier alpha value is -1.55. The van der Waals surface area contributed by atoms with Crippen molar-refractivity contribution in [3.8, 4) is 0 Å². The summed E-state index contributed by atoms with van der Waals surface area (Å²) in [5.74, 6) is 0.179. The third-order valence-electron chi connectivity index (χ3n) is 3.74. The van der Waals surface area contributed by atoms with E-state index in [1.807, 2.05) is 42.2 Å². The second-order valence-electron chi connectivity index (χ2n) is 5.18. The molecule has 1 aliphatic heterocycles. The van der Waals surface area contributed by atoms with Crippen LogP contribution in [0, 0.1) is 0 Å². The number of carbonyl (C=O) groups excluding carboxylic acids is 1. The number of hydrogen-bond donors (Lipinski definition) is 2. The molecule has 0 radical (unpaired) electrons. The lowest BCUT2D eigenvalue weighted by Crippen LogP contribution is -2.49. The van der Waals surface area contributed by atoms with Crippen LogP contribution in [0.4, 0.5) is 5.69 Å². The first-order chi connectivity index (χ1) is 9.13. The molecule has 104 valence electrons. The number of piperidine rings is 1. The maximum absolute atomic E-state index is 11.6. The van der Waals surface area contributed by atoms with E-state index < -0.39 is 5.60 Å². The lowest BCUT2D eigenvalue weighted by atomic mass is 9.91. The highest BCUT2D eigenvalue weighted by Gasteiger charge is 2.33. The fraction of sp³-hybridized carbons (Fsp3) is 0.533. The summed E-state index contributed by atoms with van der Waals surface area (Å²) in [4.78, 5) is 13.4. The van der Waals surface area contributed by atoms with E-state index in [1.54, 1.807) is 0 Å². The van der Waals surface area contributed by atoms with E-state index >= 15 is 0 Å². The number of rotatable bonds is 4. The minimum Gasteiger partial charge on any atom is -0.388 e. The Balaban J connectivity index is 1.83. The van der Waals surface area contributed by atoms with Crippen LogP contribution in [-0.2, 0) is 4.79 Å². The first-order valence-corrected chi connectivity index (χ1v) is 6.92. The number of nitrogens with zero attached hydrogens (tertiary/aromatic N) is 1. The van der Waals surface area contributed by atoms with Gasteiger partial charge in [-0.2, -0.15) is 0 Å². The van der Waals surface area contributed by atoms with Gasteiger partial charge in [-0.25, -0.2) is 0 Å². The molecule has 1 aliphatic rings. The molecule has 0 spiro atoms. The Morgan fingerprint density at radius 2 is 1.95 bits per heavy atom. The number of hydrogen-bond acceptors (Lipinski definition) is 3. The van der Waals surface area contributed by atoms with E-state index in [0.717, 1.165) is 5.69 Å². The first kappa shape index (κ1) is 13.9. The largest absolute Gasteiger partial charge is 0.388 e. The van der Waals surface area contributed by atoms with Crippen LogP contribution >= 0.6 is 0 Å². The highest BCUT2D eigenvalue weighted by Crippen LogP contribution is 2.23. The summed E-state index contributed by atoms with van der Waals surface area (Å²) in [5.41, 5.74) is 0.309. The van der Waals surface area contributed by atoms with E-state index in [0.29, 0.717) is 38.9 Å². The SMILES string of the molecule is CCC(=O)N1CCC(O)(CNc2ccccc2)CC1. The summed E-state index contributed by atoms with van der Waals surface area (Å²) in [6.07, 6.45) is 1.82. The average molecular weight is 262 g/mol. The van der Waals surface area contributed by atoms with Gasteiger partial charge in [0, 0.05) is 31.7 Å². The van der Waals surface area contributed by atoms with Gasteiger partial charge in [-0.05, 0) is 25.0 Å². The van der Waals surface area contributed by atoms with Crippen molar-refractivity contribution in [1.82, 2.24) is 4.90 Å². The van der Waals surface area contributed by atoms with Crippen molar-refractivity contribution in [2.24, 2.45) is 0 Å². The number of aliphatic hydroxyl groups is 1. The predicted octanol–water partition coefficient (Wildman–Crippen LogP) is 1.86. The zero-order valence-corrected chi connectivity index (χ0v) is 11.4. The molecule has 1 aromatic rings. The first-order valence-electron chi connectivity index (χ1n) is 6.92. The van der Waals surface area contributed by atoms with Crippen LogP contribution in [-0.4, -0.2) is 41.1 Å². The Kier molecular flexibility index (Phi) is 4.43. The maximum atomic E-state index is 11.6. The highest BCUT2D eigenvalue weighted by molar-refractivity contribution is 5.75. The summed E-state index contributed by atoms with van der Waals surface area (Å²) in [6, 6.07) is 9.87. The highest BCUT2D eigenvalue weighted by atomic mass is 16.3. The van der Waals surface area contributed by atoms with E-state index in [4.69, 9.17) is 0 Å². The van der Waals surface area contributed by atoms with Gasteiger partial charge in [0.05, 0.1) is 5.60 Å². The minimum absolute atomic E-state index is 0.179. The summed E-state index contributed by atoms with van der Waals surface area (Å²) in [6.45, 7) is 3.71. The molecule has 1 fully saturated rings. The number of para-hydroxylation sites is 1. The topological polar surface area (TPSA) is 52.6 Å². The molecule has 0 unspecified atom stereocenters. The second-order valence-corrected chi connectivity index (χ2v) is 5.18. The zero-order chi connectivity index (χ0) is 13.7. The fourth-order valence-electron chi connectivity index (χ4n) is 2.40.